The van der Waals surface area contributed by atoms with E-state index in [0.29, 0.717) is 23.4 Å². The van der Waals surface area contributed by atoms with Crippen LogP contribution in [0.5, 0.6) is 0 Å². The topological polar surface area (TPSA) is 76.2 Å². The van der Waals surface area contributed by atoms with E-state index in [1.807, 2.05) is 0 Å². The first-order valence-corrected chi connectivity index (χ1v) is 7.83. The zero-order valence-corrected chi connectivity index (χ0v) is 12.2. The largest absolute Gasteiger partial charge is 0.481 e. The van der Waals surface area contributed by atoms with Crippen molar-refractivity contribution in [3.05, 3.63) is 11.7 Å². The van der Waals surface area contributed by atoms with Gasteiger partial charge in [0.25, 0.3) is 0 Å². The molecule has 1 aliphatic carbocycles. The molecule has 1 aromatic rings. The van der Waals surface area contributed by atoms with E-state index in [9.17, 15) is 4.79 Å². The van der Waals surface area contributed by atoms with Crippen LogP contribution in [0.3, 0.4) is 0 Å². The first kappa shape index (κ1) is 14.4. The number of hydrogen-bond acceptors (Lipinski definition) is 5. The molecule has 2 rings (SSSR count). The summed E-state index contributed by atoms with van der Waals surface area (Å²) in [6.45, 7) is 4.32. The van der Waals surface area contributed by atoms with Gasteiger partial charge in [0.15, 0.2) is 5.82 Å². The Hall–Kier alpha value is -1.04. The highest BCUT2D eigenvalue weighted by atomic mass is 32.2. The zero-order chi connectivity index (χ0) is 13.8. The van der Waals surface area contributed by atoms with E-state index in [4.69, 9.17) is 9.63 Å². The summed E-state index contributed by atoms with van der Waals surface area (Å²) in [7, 11) is 0. The molecule has 19 heavy (non-hydrogen) atoms. The molecule has 1 fully saturated rings. The molecule has 1 heterocycles. The molecule has 3 atom stereocenters. The van der Waals surface area contributed by atoms with Gasteiger partial charge in [0.1, 0.15) is 0 Å². The number of thioether (sulfide) groups is 1. The quantitative estimate of drug-likeness (QED) is 0.865. The number of rotatable bonds is 6. The fourth-order valence-electron chi connectivity index (χ4n) is 2.36. The van der Waals surface area contributed by atoms with Crippen molar-refractivity contribution in [1.29, 1.82) is 0 Å². The molecule has 0 saturated heterocycles. The van der Waals surface area contributed by atoms with E-state index in [1.165, 1.54) is 0 Å². The predicted octanol–water partition coefficient (Wildman–Crippen LogP) is 3.07. The SMILES string of the molecule is CCC(C)SCc1noc(C2CCCC2C(=O)O)n1. The number of nitrogens with zero attached hydrogens (tertiary/aromatic N) is 2. The molecule has 0 bridgehead atoms. The first-order valence-electron chi connectivity index (χ1n) is 6.78. The Bertz CT molecular complexity index is 435. The van der Waals surface area contributed by atoms with Crippen molar-refractivity contribution in [3.63, 3.8) is 0 Å². The Balaban J connectivity index is 1.98. The van der Waals surface area contributed by atoms with Gasteiger partial charge in [0.2, 0.25) is 5.89 Å². The van der Waals surface area contributed by atoms with E-state index < -0.39 is 5.97 Å². The number of aromatic nitrogens is 2. The number of hydrogen-bond donors (Lipinski definition) is 1. The summed E-state index contributed by atoms with van der Waals surface area (Å²) in [6, 6.07) is 0. The molecule has 6 heteroatoms. The summed E-state index contributed by atoms with van der Waals surface area (Å²) in [5.41, 5.74) is 0. The molecular weight excluding hydrogens is 264 g/mol. The third-order valence-electron chi connectivity index (χ3n) is 3.71. The molecule has 1 aliphatic rings. The van der Waals surface area contributed by atoms with Crippen LogP contribution in [0.25, 0.3) is 0 Å². The standard InChI is InChI=1S/C13H20N2O3S/c1-3-8(2)19-7-11-14-12(18-15-11)9-5-4-6-10(9)13(16)17/h8-10H,3-7H2,1-2H3,(H,16,17). The van der Waals surface area contributed by atoms with Gasteiger partial charge in [-0.1, -0.05) is 25.4 Å². The third kappa shape index (κ3) is 3.49. The highest BCUT2D eigenvalue weighted by Crippen LogP contribution is 2.39. The molecule has 0 aliphatic heterocycles. The predicted molar refractivity (Wildman–Crippen MR) is 73.1 cm³/mol. The van der Waals surface area contributed by atoms with Crippen LogP contribution in [0.2, 0.25) is 0 Å². The van der Waals surface area contributed by atoms with Crippen molar-refractivity contribution < 1.29 is 14.4 Å². The van der Waals surface area contributed by atoms with Gasteiger partial charge in [-0.25, -0.2) is 0 Å². The van der Waals surface area contributed by atoms with Crippen molar-refractivity contribution in [2.45, 2.75) is 56.5 Å². The monoisotopic (exact) mass is 284 g/mol. The summed E-state index contributed by atoms with van der Waals surface area (Å²) < 4.78 is 5.26. The smallest absolute Gasteiger partial charge is 0.307 e. The summed E-state index contributed by atoms with van der Waals surface area (Å²) in [5, 5.41) is 13.7. The zero-order valence-electron chi connectivity index (χ0n) is 11.3. The summed E-state index contributed by atoms with van der Waals surface area (Å²) in [4.78, 5) is 15.5. The lowest BCUT2D eigenvalue weighted by molar-refractivity contribution is -0.142. The molecular formula is C13H20N2O3S. The Morgan fingerprint density at radius 1 is 1.58 bits per heavy atom. The van der Waals surface area contributed by atoms with Gasteiger partial charge in [-0.3, -0.25) is 4.79 Å². The van der Waals surface area contributed by atoms with Crippen LogP contribution < -0.4 is 0 Å². The lowest BCUT2D eigenvalue weighted by atomic mass is 9.96. The third-order valence-corrected chi connectivity index (χ3v) is 5.03. The van der Waals surface area contributed by atoms with Crippen molar-refractivity contribution >= 4 is 17.7 Å². The molecule has 5 nitrogen and oxygen atoms in total. The first-order chi connectivity index (χ1) is 9.11. The molecule has 0 aromatic carbocycles. The summed E-state index contributed by atoms with van der Waals surface area (Å²) >= 11 is 1.79. The fourth-order valence-corrected chi connectivity index (χ4v) is 3.15. The van der Waals surface area contributed by atoms with E-state index in [2.05, 4.69) is 24.0 Å². The minimum atomic E-state index is -0.753. The van der Waals surface area contributed by atoms with Gasteiger partial charge in [-0.2, -0.15) is 16.7 Å². The van der Waals surface area contributed by atoms with Crippen molar-refractivity contribution in [3.8, 4) is 0 Å². The highest BCUT2D eigenvalue weighted by Gasteiger charge is 2.37. The van der Waals surface area contributed by atoms with Gasteiger partial charge in [0, 0.05) is 5.25 Å². The second kappa shape index (κ2) is 6.41. The number of carbonyl (C=O) groups is 1. The van der Waals surface area contributed by atoms with Crippen LogP contribution in [0.15, 0.2) is 4.52 Å². The van der Waals surface area contributed by atoms with Crippen LogP contribution in [-0.2, 0) is 10.5 Å². The van der Waals surface area contributed by atoms with E-state index in [-0.39, 0.29) is 11.8 Å². The molecule has 1 saturated carbocycles. The van der Waals surface area contributed by atoms with Gasteiger partial charge in [-0.15, -0.1) is 0 Å². The Kier molecular flexibility index (Phi) is 4.85. The highest BCUT2D eigenvalue weighted by molar-refractivity contribution is 7.99. The van der Waals surface area contributed by atoms with Gasteiger partial charge >= 0.3 is 5.97 Å². The fraction of sp³-hybridized carbons (Fsp3) is 0.769. The van der Waals surface area contributed by atoms with Crippen molar-refractivity contribution in [2.24, 2.45) is 5.92 Å². The molecule has 0 spiro atoms. The van der Waals surface area contributed by atoms with Gasteiger partial charge in [-0.05, 0) is 19.3 Å². The number of aliphatic carboxylic acids is 1. The number of carboxylic acid groups (broad SMARTS) is 1. The maximum atomic E-state index is 11.2. The molecule has 0 radical (unpaired) electrons. The molecule has 3 unspecified atom stereocenters. The lowest BCUT2D eigenvalue weighted by Crippen LogP contribution is -2.17. The average molecular weight is 284 g/mol. The van der Waals surface area contributed by atoms with Crippen LogP contribution >= 0.6 is 11.8 Å². The Labute approximate surface area is 117 Å². The number of carboxylic acids is 1. The summed E-state index contributed by atoms with van der Waals surface area (Å²) in [5.74, 6) is 0.684. The Morgan fingerprint density at radius 2 is 2.37 bits per heavy atom. The van der Waals surface area contributed by atoms with Crippen LogP contribution in [0.4, 0.5) is 0 Å². The average Bonchev–Trinajstić information content (AvgIpc) is 3.03. The Morgan fingerprint density at radius 3 is 3.05 bits per heavy atom. The second-order valence-corrected chi connectivity index (χ2v) is 6.49. The molecule has 1 aromatic heterocycles. The van der Waals surface area contributed by atoms with Crippen LogP contribution in [-0.4, -0.2) is 26.5 Å². The molecule has 0 amide bonds. The lowest BCUT2D eigenvalue weighted by Gasteiger charge is -2.10. The maximum absolute atomic E-state index is 11.2. The maximum Gasteiger partial charge on any atom is 0.307 e. The van der Waals surface area contributed by atoms with Crippen molar-refractivity contribution in [2.75, 3.05) is 0 Å². The van der Waals surface area contributed by atoms with E-state index in [1.54, 1.807) is 11.8 Å². The minimum absolute atomic E-state index is 0.104. The van der Waals surface area contributed by atoms with E-state index in [0.717, 1.165) is 25.0 Å². The molecule has 1 N–H and O–H groups in total. The normalized spacial score (nSPS) is 24.5. The minimum Gasteiger partial charge on any atom is -0.481 e. The van der Waals surface area contributed by atoms with Crippen LogP contribution in [0.1, 0.15) is 57.2 Å². The summed E-state index contributed by atoms with van der Waals surface area (Å²) in [6.07, 6.45) is 3.57. The van der Waals surface area contributed by atoms with Gasteiger partial charge < -0.3 is 9.63 Å². The van der Waals surface area contributed by atoms with E-state index >= 15 is 0 Å². The van der Waals surface area contributed by atoms with Crippen LogP contribution in [0, 0.1) is 5.92 Å². The van der Waals surface area contributed by atoms with Crippen molar-refractivity contribution in [1.82, 2.24) is 10.1 Å². The molecule has 106 valence electrons. The van der Waals surface area contributed by atoms with Gasteiger partial charge in [0.05, 0.1) is 17.6 Å². The second-order valence-electron chi connectivity index (χ2n) is 5.06.